The Morgan fingerprint density at radius 1 is 1.44 bits per heavy atom. The van der Waals surface area contributed by atoms with Crippen LogP contribution in [-0.2, 0) is 4.74 Å². The number of aryl methyl sites for hydroxylation is 1. The van der Waals surface area contributed by atoms with Crippen molar-refractivity contribution in [2.24, 2.45) is 0 Å². The second kappa shape index (κ2) is 4.55. The van der Waals surface area contributed by atoms with Gasteiger partial charge in [0.25, 0.3) is 5.56 Å². The van der Waals surface area contributed by atoms with Crippen molar-refractivity contribution < 1.29 is 4.74 Å². The second-order valence-corrected chi connectivity index (χ2v) is 4.66. The summed E-state index contributed by atoms with van der Waals surface area (Å²) in [7, 11) is 0. The lowest BCUT2D eigenvalue weighted by Gasteiger charge is -2.23. The standard InChI is InChI=1S/C10H13BrN2O3/c1-6-8(11)9(14)13(10(15)12-6)7-4-2-3-5-16-7/h7H,2-5H2,1H3,(H,12,15). The minimum atomic E-state index is -0.429. The molecule has 0 aliphatic carbocycles. The molecular formula is C10H13BrN2O3. The van der Waals surface area contributed by atoms with Gasteiger partial charge in [-0.25, -0.2) is 9.36 Å². The van der Waals surface area contributed by atoms with Crippen molar-refractivity contribution in [3.05, 3.63) is 31.0 Å². The molecule has 88 valence electrons. The quantitative estimate of drug-likeness (QED) is 0.847. The molecule has 1 aromatic heterocycles. The third kappa shape index (κ3) is 1.99. The smallest absolute Gasteiger partial charge is 0.330 e. The molecule has 0 bridgehead atoms. The van der Waals surface area contributed by atoms with E-state index in [0.29, 0.717) is 23.2 Å². The predicted octanol–water partition coefficient (Wildman–Crippen LogP) is 1.31. The first kappa shape index (κ1) is 11.6. The van der Waals surface area contributed by atoms with Crippen molar-refractivity contribution in [1.29, 1.82) is 0 Å². The van der Waals surface area contributed by atoms with E-state index in [1.54, 1.807) is 6.92 Å². The lowest BCUT2D eigenvalue weighted by atomic mass is 10.2. The van der Waals surface area contributed by atoms with Gasteiger partial charge in [-0.3, -0.25) is 4.79 Å². The monoisotopic (exact) mass is 288 g/mol. The first-order chi connectivity index (χ1) is 7.61. The van der Waals surface area contributed by atoms with Crippen LogP contribution in [0.15, 0.2) is 14.1 Å². The summed E-state index contributed by atoms with van der Waals surface area (Å²) in [4.78, 5) is 26.3. The number of halogens is 1. The van der Waals surface area contributed by atoms with Crippen molar-refractivity contribution in [2.45, 2.75) is 32.4 Å². The van der Waals surface area contributed by atoms with Crippen LogP contribution in [-0.4, -0.2) is 16.2 Å². The molecule has 1 aromatic rings. The summed E-state index contributed by atoms with van der Waals surface area (Å²) in [6.45, 7) is 2.28. The van der Waals surface area contributed by atoms with E-state index in [1.165, 1.54) is 0 Å². The normalized spacial score (nSPS) is 21.0. The molecule has 0 saturated carbocycles. The molecule has 1 aliphatic heterocycles. The second-order valence-electron chi connectivity index (χ2n) is 3.87. The van der Waals surface area contributed by atoms with Crippen molar-refractivity contribution in [3.8, 4) is 0 Å². The molecule has 0 aromatic carbocycles. The molecule has 1 unspecified atom stereocenters. The van der Waals surface area contributed by atoms with E-state index in [9.17, 15) is 9.59 Å². The van der Waals surface area contributed by atoms with Crippen LogP contribution in [0.2, 0.25) is 0 Å². The SMILES string of the molecule is Cc1[nH]c(=O)n(C2CCCCO2)c(=O)c1Br. The van der Waals surface area contributed by atoms with Gasteiger partial charge in [-0.2, -0.15) is 0 Å². The van der Waals surface area contributed by atoms with Crippen LogP contribution in [0.25, 0.3) is 0 Å². The zero-order chi connectivity index (χ0) is 11.7. The summed E-state index contributed by atoms with van der Waals surface area (Å²) in [5, 5.41) is 0. The van der Waals surface area contributed by atoms with E-state index in [1.807, 2.05) is 0 Å². The lowest BCUT2D eigenvalue weighted by Crippen LogP contribution is -2.41. The highest BCUT2D eigenvalue weighted by Gasteiger charge is 2.21. The van der Waals surface area contributed by atoms with Gasteiger partial charge in [0.1, 0.15) is 10.7 Å². The van der Waals surface area contributed by atoms with Gasteiger partial charge < -0.3 is 9.72 Å². The molecule has 5 nitrogen and oxygen atoms in total. The highest BCUT2D eigenvalue weighted by atomic mass is 79.9. The summed E-state index contributed by atoms with van der Waals surface area (Å²) in [5.74, 6) is 0. The van der Waals surface area contributed by atoms with Gasteiger partial charge in [-0.15, -0.1) is 0 Å². The average Bonchev–Trinajstić information content (AvgIpc) is 2.28. The number of H-pyrrole nitrogens is 1. The summed E-state index contributed by atoms with van der Waals surface area (Å²) in [6, 6.07) is 0. The van der Waals surface area contributed by atoms with E-state index >= 15 is 0 Å². The Morgan fingerprint density at radius 3 is 2.81 bits per heavy atom. The minimum Gasteiger partial charge on any atom is -0.358 e. The average molecular weight is 289 g/mol. The maximum absolute atomic E-state index is 11.9. The lowest BCUT2D eigenvalue weighted by molar-refractivity contribution is -0.0369. The molecule has 2 rings (SSSR count). The molecule has 1 aliphatic rings. The molecule has 6 heteroatoms. The van der Waals surface area contributed by atoms with E-state index in [4.69, 9.17) is 4.74 Å². The van der Waals surface area contributed by atoms with E-state index in [2.05, 4.69) is 20.9 Å². The minimum absolute atomic E-state index is 0.326. The number of hydrogen-bond acceptors (Lipinski definition) is 3. The van der Waals surface area contributed by atoms with Gasteiger partial charge in [-0.05, 0) is 42.1 Å². The van der Waals surface area contributed by atoms with Crippen molar-refractivity contribution in [2.75, 3.05) is 6.61 Å². The van der Waals surface area contributed by atoms with Gasteiger partial charge in [0.15, 0.2) is 0 Å². The van der Waals surface area contributed by atoms with Crippen LogP contribution in [0.4, 0.5) is 0 Å². The molecule has 2 heterocycles. The molecule has 0 radical (unpaired) electrons. The molecule has 1 atom stereocenters. The first-order valence-corrected chi connectivity index (χ1v) is 6.03. The summed E-state index contributed by atoms with van der Waals surface area (Å²) >= 11 is 3.17. The van der Waals surface area contributed by atoms with E-state index in [-0.39, 0.29) is 5.56 Å². The predicted molar refractivity (Wildman–Crippen MR) is 62.6 cm³/mol. The highest BCUT2D eigenvalue weighted by molar-refractivity contribution is 9.10. The Balaban J connectivity index is 2.51. The topological polar surface area (TPSA) is 64.1 Å². The number of nitrogens with zero attached hydrogens (tertiary/aromatic N) is 1. The fraction of sp³-hybridized carbons (Fsp3) is 0.600. The Kier molecular flexibility index (Phi) is 3.30. The fourth-order valence-corrected chi connectivity index (χ4v) is 2.11. The summed E-state index contributed by atoms with van der Waals surface area (Å²) in [6.07, 6.45) is 2.23. The third-order valence-corrected chi connectivity index (χ3v) is 3.63. The zero-order valence-corrected chi connectivity index (χ0v) is 10.5. The van der Waals surface area contributed by atoms with Crippen molar-refractivity contribution >= 4 is 15.9 Å². The highest BCUT2D eigenvalue weighted by Crippen LogP contribution is 2.20. The van der Waals surface area contributed by atoms with Crippen LogP contribution in [0.5, 0.6) is 0 Å². The fourth-order valence-electron chi connectivity index (χ4n) is 1.82. The van der Waals surface area contributed by atoms with Gasteiger partial charge in [-0.1, -0.05) is 0 Å². The van der Waals surface area contributed by atoms with Crippen LogP contribution >= 0.6 is 15.9 Å². The molecule has 0 spiro atoms. The largest absolute Gasteiger partial charge is 0.358 e. The Morgan fingerprint density at radius 2 is 2.19 bits per heavy atom. The van der Waals surface area contributed by atoms with Crippen LogP contribution < -0.4 is 11.2 Å². The van der Waals surface area contributed by atoms with Gasteiger partial charge in [0.2, 0.25) is 0 Å². The van der Waals surface area contributed by atoms with Gasteiger partial charge in [0.05, 0.1) is 0 Å². The summed E-state index contributed by atoms with van der Waals surface area (Å²) < 4.78 is 6.98. The molecule has 1 N–H and O–H groups in total. The number of aromatic amines is 1. The maximum atomic E-state index is 11.9. The van der Waals surface area contributed by atoms with Gasteiger partial charge >= 0.3 is 5.69 Å². The van der Waals surface area contributed by atoms with Crippen molar-refractivity contribution in [1.82, 2.24) is 9.55 Å². The number of aromatic nitrogens is 2. The van der Waals surface area contributed by atoms with Crippen LogP contribution in [0, 0.1) is 6.92 Å². The van der Waals surface area contributed by atoms with Crippen LogP contribution in [0.1, 0.15) is 31.2 Å². The molecule has 1 saturated heterocycles. The molecular weight excluding hydrogens is 276 g/mol. The Labute approximate surface area is 101 Å². The molecule has 16 heavy (non-hydrogen) atoms. The summed E-state index contributed by atoms with van der Waals surface area (Å²) in [5.41, 5.74) is -0.187. The number of rotatable bonds is 1. The van der Waals surface area contributed by atoms with Gasteiger partial charge in [0, 0.05) is 12.3 Å². The van der Waals surface area contributed by atoms with Crippen molar-refractivity contribution in [3.63, 3.8) is 0 Å². The number of hydrogen-bond donors (Lipinski definition) is 1. The van der Waals surface area contributed by atoms with E-state index < -0.39 is 11.9 Å². The Hall–Kier alpha value is -0.880. The van der Waals surface area contributed by atoms with E-state index in [0.717, 1.165) is 17.4 Å². The third-order valence-electron chi connectivity index (χ3n) is 2.69. The Bertz CT molecular complexity index is 500. The zero-order valence-electron chi connectivity index (χ0n) is 8.96. The number of nitrogens with one attached hydrogen (secondary N) is 1. The molecule has 1 fully saturated rings. The van der Waals surface area contributed by atoms with Crippen LogP contribution in [0.3, 0.4) is 0 Å². The molecule has 0 amide bonds. The maximum Gasteiger partial charge on any atom is 0.330 e. The first-order valence-electron chi connectivity index (χ1n) is 5.24. The number of ether oxygens (including phenoxy) is 1.